The van der Waals surface area contributed by atoms with Gasteiger partial charge in [0.15, 0.2) is 0 Å². The van der Waals surface area contributed by atoms with E-state index in [1.165, 1.54) is 0 Å². The number of nitrogens with one attached hydrogen (secondary N) is 1. The number of hydrogen-bond donors (Lipinski definition) is 1. The lowest BCUT2D eigenvalue weighted by Crippen LogP contribution is -2.25. The van der Waals surface area contributed by atoms with Crippen molar-refractivity contribution < 1.29 is 0 Å². The van der Waals surface area contributed by atoms with E-state index in [0.29, 0.717) is 5.02 Å². The molecule has 1 N–H and O–H groups in total. The first-order chi connectivity index (χ1) is 9.93. The zero-order valence-corrected chi connectivity index (χ0v) is 14.0. The number of aryl methyl sites for hydroxylation is 2. The smallest absolute Gasteiger partial charge is 0.0837 e. The Bertz CT molecular complexity index is 601. The van der Waals surface area contributed by atoms with E-state index < -0.39 is 0 Å². The summed E-state index contributed by atoms with van der Waals surface area (Å²) in [5.74, 6) is 0. The van der Waals surface area contributed by atoms with E-state index in [0.717, 1.165) is 30.0 Å². The van der Waals surface area contributed by atoms with Crippen LogP contribution in [-0.4, -0.2) is 52.1 Å². The highest BCUT2D eigenvalue weighted by Crippen LogP contribution is 2.29. The highest BCUT2D eigenvalue weighted by atomic mass is 35.5. The molecule has 6 nitrogen and oxygen atoms in total. The van der Waals surface area contributed by atoms with Crippen LogP contribution in [0, 0.1) is 6.92 Å². The van der Waals surface area contributed by atoms with Gasteiger partial charge < -0.3 is 10.2 Å². The summed E-state index contributed by atoms with van der Waals surface area (Å²) in [6.07, 6.45) is 3.73. The fourth-order valence-electron chi connectivity index (χ4n) is 2.47. The molecule has 0 bridgehead atoms. The molecule has 0 saturated heterocycles. The molecule has 0 aromatic carbocycles. The number of nitrogens with zero attached hydrogens (tertiary/aromatic N) is 5. The largest absolute Gasteiger partial charge is 0.308 e. The van der Waals surface area contributed by atoms with Gasteiger partial charge in [0.25, 0.3) is 0 Å². The molecule has 0 aliphatic rings. The minimum absolute atomic E-state index is 0.0177. The number of likely N-dealkylation sites (N-methyl/N-ethyl adjacent to an activating group) is 1. The Hall–Kier alpha value is -1.37. The third-order valence-electron chi connectivity index (χ3n) is 3.52. The van der Waals surface area contributed by atoms with Crippen LogP contribution in [0.5, 0.6) is 0 Å². The van der Waals surface area contributed by atoms with Gasteiger partial charge in [0.1, 0.15) is 0 Å². The van der Waals surface area contributed by atoms with Crippen molar-refractivity contribution in [2.24, 2.45) is 7.05 Å². The fourth-order valence-corrected chi connectivity index (χ4v) is 2.72. The molecule has 1 atom stereocenters. The lowest BCUT2D eigenvalue weighted by molar-refractivity contribution is 0.366. The van der Waals surface area contributed by atoms with Crippen LogP contribution >= 0.6 is 11.6 Å². The highest BCUT2D eigenvalue weighted by Gasteiger charge is 2.23. The Morgan fingerprint density at radius 1 is 1.43 bits per heavy atom. The van der Waals surface area contributed by atoms with Crippen LogP contribution in [0.15, 0.2) is 12.4 Å². The van der Waals surface area contributed by atoms with Gasteiger partial charge in [0.05, 0.1) is 35.2 Å². The first-order valence-electron chi connectivity index (χ1n) is 6.97. The lowest BCUT2D eigenvalue weighted by Gasteiger charge is -2.19. The molecular formula is C14H23ClN6. The van der Waals surface area contributed by atoms with E-state index >= 15 is 0 Å². The van der Waals surface area contributed by atoms with Crippen LogP contribution in [0.3, 0.4) is 0 Å². The van der Waals surface area contributed by atoms with Crippen molar-refractivity contribution in [3.05, 3.63) is 34.4 Å². The van der Waals surface area contributed by atoms with Crippen molar-refractivity contribution in [1.29, 1.82) is 0 Å². The minimum Gasteiger partial charge on any atom is -0.308 e. The van der Waals surface area contributed by atoms with Crippen LogP contribution in [0.25, 0.3) is 0 Å². The zero-order chi connectivity index (χ0) is 15.6. The fraction of sp³-hybridized carbons (Fsp3) is 0.571. The molecule has 7 heteroatoms. The molecule has 2 rings (SSSR count). The Morgan fingerprint density at radius 3 is 2.67 bits per heavy atom. The van der Waals surface area contributed by atoms with Crippen LogP contribution in [0.1, 0.15) is 23.0 Å². The van der Waals surface area contributed by atoms with Crippen LogP contribution < -0.4 is 5.32 Å². The molecule has 0 fully saturated rings. The van der Waals surface area contributed by atoms with Gasteiger partial charge >= 0.3 is 0 Å². The third-order valence-corrected chi connectivity index (χ3v) is 3.81. The number of rotatable bonds is 6. The van der Waals surface area contributed by atoms with Crippen molar-refractivity contribution in [2.45, 2.75) is 19.5 Å². The molecule has 0 aliphatic heterocycles. The molecule has 2 heterocycles. The van der Waals surface area contributed by atoms with Gasteiger partial charge in [-0.15, -0.1) is 0 Å². The molecule has 116 valence electrons. The second-order valence-corrected chi connectivity index (χ2v) is 5.88. The predicted octanol–water partition coefficient (Wildman–Crippen LogP) is 1.45. The molecule has 0 amide bonds. The second kappa shape index (κ2) is 6.60. The summed E-state index contributed by atoms with van der Waals surface area (Å²) in [7, 11) is 7.95. The maximum atomic E-state index is 6.38. The molecule has 21 heavy (non-hydrogen) atoms. The average Bonchev–Trinajstić information content (AvgIpc) is 2.93. The van der Waals surface area contributed by atoms with Gasteiger partial charge in [-0.25, -0.2) is 0 Å². The Morgan fingerprint density at radius 2 is 2.14 bits per heavy atom. The van der Waals surface area contributed by atoms with Gasteiger partial charge in [-0.3, -0.25) is 9.36 Å². The van der Waals surface area contributed by atoms with E-state index in [4.69, 9.17) is 11.6 Å². The van der Waals surface area contributed by atoms with Gasteiger partial charge in [-0.05, 0) is 28.1 Å². The number of hydrogen-bond acceptors (Lipinski definition) is 4. The molecular weight excluding hydrogens is 288 g/mol. The van der Waals surface area contributed by atoms with Crippen LogP contribution in [-0.2, 0) is 13.6 Å². The lowest BCUT2D eigenvalue weighted by atomic mass is 10.1. The second-order valence-electron chi connectivity index (χ2n) is 5.47. The van der Waals surface area contributed by atoms with Crippen molar-refractivity contribution in [3.63, 3.8) is 0 Å². The van der Waals surface area contributed by atoms with Gasteiger partial charge in [-0.2, -0.15) is 10.2 Å². The standard InChI is InChI=1S/C14H23ClN6/c1-10-11(9-20(5)18-10)13(16-2)14-12(15)8-17-21(14)7-6-19(3)4/h8-9,13,16H,6-7H2,1-5H3. The molecule has 0 aliphatic carbocycles. The first kappa shape index (κ1) is 16.0. The SMILES string of the molecule is CNC(c1cn(C)nc1C)c1c(Cl)cnn1CCN(C)C. The molecule has 0 saturated carbocycles. The summed E-state index contributed by atoms with van der Waals surface area (Å²) in [6.45, 7) is 3.72. The van der Waals surface area contributed by atoms with E-state index in [9.17, 15) is 0 Å². The number of aromatic nitrogens is 4. The Balaban J connectivity index is 2.38. The van der Waals surface area contributed by atoms with Gasteiger partial charge in [-0.1, -0.05) is 11.6 Å². The first-order valence-corrected chi connectivity index (χ1v) is 7.35. The van der Waals surface area contributed by atoms with Gasteiger partial charge in [0, 0.05) is 25.4 Å². The van der Waals surface area contributed by atoms with E-state index in [1.54, 1.807) is 6.20 Å². The summed E-state index contributed by atoms with van der Waals surface area (Å²) in [5, 5.41) is 12.8. The van der Waals surface area contributed by atoms with E-state index in [2.05, 4.69) is 20.4 Å². The molecule has 2 aromatic rings. The summed E-state index contributed by atoms with van der Waals surface area (Å²) in [5.41, 5.74) is 3.10. The van der Waals surface area contributed by atoms with Crippen molar-refractivity contribution in [2.75, 3.05) is 27.7 Å². The summed E-state index contributed by atoms with van der Waals surface area (Å²) in [6, 6.07) is -0.0177. The van der Waals surface area contributed by atoms with Crippen molar-refractivity contribution >= 4 is 11.6 Å². The molecule has 1 unspecified atom stereocenters. The monoisotopic (exact) mass is 310 g/mol. The summed E-state index contributed by atoms with van der Waals surface area (Å²) in [4.78, 5) is 2.13. The Kier molecular flexibility index (Phi) is 5.03. The Labute approximate surface area is 130 Å². The van der Waals surface area contributed by atoms with Crippen molar-refractivity contribution in [3.8, 4) is 0 Å². The molecule has 0 radical (unpaired) electrons. The maximum absolute atomic E-state index is 6.38. The zero-order valence-electron chi connectivity index (χ0n) is 13.3. The molecule has 0 spiro atoms. The number of halogens is 1. The summed E-state index contributed by atoms with van der Waals surface area (Å²) >= 11 is 6.38. The van der Waals surface area contributed by atoms with Crippen LogP contribution in [0.4, 0.5) is 0 Å². The topological polar surface area (TPSA) is 50.9 Å². The average molecular weight is 311 g/mol. The van der Waals surface area contributed by atoms with Gasteiger partial charge in [0.2, 0.25) is 0 Å². The predicted molar refractivity (Wildman–Crippen MR) is 84.6 cm³/mol. The molecule has 2 aromatic heterocycles. The van der Waals surface area contributed by atoms with Crippen molar-refractivity contribution in [1.82, 2.24) is 29.8 Å². The highest BCUT2D eigenvalue weighted by molar-refractivity contribution is 6.31. The van der Waals surface area contributed by atoms with E-state index in [-0.39, 0.29) is 6.04 Å². The summed E-state index contributed by atoms with van der Waals surface area (Å²) < 4.78 is 3.79. The quantitative estimate of drug-likeness (QED) is 0.877. The van der Waals surface area contributed by atoms with E-state index in [1.807, 2.05) is 50.7 Å². The van der Waals surface area contributed by atoms with Crippen LogP contribution in [0.2, 0.25) is 5.02 Å². The maximum Gasteiger partial charge on any atom is 0.0837 e. The minimum atomic E-state index is -0.0177. The normalized spacial score (nSPS) is 13.1. The third kappa shape index (κ3) is 3.45.